The monoisotopic (exact) mass is 406 g/mol. The van der Waals surface area contributed by atoms with Crippen LogP contribution in [0, 0.1) is 28.6 Å². The zero-order valence-electron chi connectivity index (χ0n) is 18.9. The molecule has 1 saturated heterocycles. The molecule has 0 radical (unpaired) electrons. The van der Waals surface area contributed by atoms with Crippen LogP contribution >= 0.6 is 11.8 Å². The third-order valence-corrected chi connectivity index (χ3v) is 15.6. The number of thioether (sulfide) groups is 1. The first kappa shape index (κ1) is 20.5. The van der Waals surface area contributed by atoms with Crippen molar-refractivity contribution in [3.05, 3.63) is 11.0 Å². The van der Waals surface area contributed by atoms with Crippen molar-refractivity contribution >= 4 is 20.1 Å². The Morgan fingerprint density at radius 1 is 1.07 bits per heavy atom. The molecule has 3 heteroatoms. The van der Waals surface area contributed by atoms with Crippen molar-refractivity contribution in [3.63, 3.8) is 0 Å². The summed E-state index contributed by atoms with van der Waals surface area (Å²) in [6, 6.07) is 0. The molecule has 0 spiro atoms. The van der Waals surface area contributed by atoms with E-state index in [1.165, 1.54) is 50.7 Å². The van der Waals surface area contributed by atoms with Crippen LogP contribution in [0.5, 0.6) is 0 Å². The van der Waals surface area contributed by atoms with E-state index in [2.05, 4.69) is 65.6 Å². The average molecular weight is 407 g/mol. The molecule has 3 aliphatic carbocycles. The molecular weight excluding hydrogens is 364 g/mol. The zero-order valence-corrected chi connectivity index (χ0v) is 20.7. The highest BCUT2D eigenvalue weighted by Crippen LogP contribution is 2.66. The molecule has 3 fully saturated rings. The van der Waals surface area contributed by atoms with E-state index in [4.69, 9.17) is 4.43 Å². The van der Waals surface area contributed by atoms with Crippen LogP contribution in [0.25, 0.3) is 0 Å². The first-order valence-corrected chi connectivity index (χ1v) is 15.4. The summed E-state index contributed by atoms with van der Waals surface area (Å²) in [5.41, 5.74) is 0.908. The van der Waals surface area contributed by atoms with E-state index in [0.29, 0.717) is 22.0 Å². The van der Waals surface area contributed by atoms with Crippen LogP contribution in [0.3, 0.4) is 0 Å². The minimum Gasteiger partial charge on any atom is -0.413 e. The molecule has 0 aromatic rings. The van der Waals surface area contributed by atoms with Crippen molar-refractivity contribution in [1.29, 1.82) is 0 Å². The molecule has 1 aliphatic heterocycles. The Morgan fingerprint density at radius 3 is 2.52 bits per heavy atom. The Bertz CT molecular complexity index is 620. The van der Waals surface area contributed by atoms with Gasteiger partial charge in [-0.25, -0.2) is 0 Å². The van der Waals surface area contributed by atoms with Gasteiger partial charge in [-0.05, 0) is 96.9 Å². The number of hydrogen-bond donors (Lipinski definition) is 0. The summed E-state index contributed by atoms with van der Waals surface area (Å²) in [4.78, 5) is 1.76. The van der Waals surface area contributed by atoms with Crippen molar-refractivity contribution in [1.82, 2.24) is 0 Å². The van der Waals surface area contributed by atoms with E-state index in [1.54, 1.807) is 4.91 Å². The van der Waals surface area contributed by atoms with E-state index in [1.807, 2.05) is 0 Å². The molecule has 0 amide bonds. The molecule has 27 heavy (non-hydrogen) atoms. The second-order valence-corrected chi connectivity index (χ2v) is 17.9. The first-order chi connectivity index (χ1) is 12.5. The van der Waals surface area contributed by atoms with Crippen LogP contribution in [0.1, 0.15) is 79.6 Å². The van der Waals surface area contributed by atoms with Gasteiger partial charge in [0.1, 0.15) is 0 Å². The van der Waals surface area contributed by atoms with Gasteiger partial charge in [-0.2, -0.15) is 0 Å². The Kier molecular flexibility index (Phi) is 5.05. The second kappa shape index (κ2) is 6.64. The Balaban J connectivity index is 1.58. The summed E-state index contributed by atoms with van der Waals surface area (Å²) in [7, 11) is -1.69. The van der Waals surface area contributed by atoms with Crippen LogP contribution in [0.2, 0.25) is 18.1 Å². The summed E-state index contributed by atoms with van der Waals surface area (Å²) in [5.74, 6) is 4.06. The molecule has 1 heterocycles. The van der Waals surface area contributed by atoms with Gasteiger partial charge in [-0.3, -0.25) is 0 Å². The molecule has 0 bridgehead atoms. The fourth-order valence-electron chi connectivity index (χ4n) is 6.90. The molecule has 0 aromatic carbocycles. The maximum absolute atomic E-state index is 7.07. The predicted molar refractivity (Wildman–Crippen MR) is 122 cm³/mol. The lowest BCUT2D eigenvalue weighted by atomic mass is 9.51. The quantitative estimate of drug-likeness (QED) is 0.436. The maximum atomic E-state index is 7.07. The summed E-state index contributed by atoms with van der Waals surface area (Å²) in [5, 5.41) is 0.313. The highest BCUT2D eigenvalue weighted by molar-refractivity contribution is 8.03. The van der Waals surface area contributed by atoms with Gasteiger partial charge in [-0.1, -0.05) is 40.7 Å². The van der Waals surface area contributed by atoms with Gasteiger partial charge in [0.05, 0.1) is 6.10 Å². The van der Waals surface area contributed by atoms with Gasteiger partial charge < -0.3 is 4.43 Å². The summed E-state index contributed by atoms with van der Waals surface area (Å²) in [6.07, 6.45) is 12.9. The smallest absolute Gasteiger partial charge is 0.192 e. The normalized spacial score (nSPS) is 44.9. The van der Waals surface area contributed by atoms with Crippen LogP contribution in [-0.4, -0.2) is 20.2 Å². The van der Waals surface area contributed by atoms with Crippen LogP contribution in [0.15, 0.2) is 11.0 Å². The predicted octanol–water partition coefficient (Wildman–Crippen LogP) is 7.64. The molecule has 1 nitrogen and oxygen atoms in total. The third kappa shape index (κ3) is 3.13. The number of fused-ring (bicyclic) bond motifs is 5. The van der Waals surface area contributed by atoms with Crippen molar-refractivity contribution in [2.24, 2.45) is 28.6 Å². The molecular formula is C24H42OSSi. The highest BCUT2D eigenvalue weighted by Gasteiger charge is 2.59. The Morgan fingerprint density at radius 2 is 1.81 bits per heavy atom. The van der Waals surface area contributed by atoms with Crippen molar-refractivity contribution < 1.29 is 4.43 Å². The van der Waals surface area contributed by atoms with Crippen LogP contribution < -0.4 is 0 Å². The number of allylic oxidation sites excluding steroid dienone is 2. The second-order valence-electron chi connectivity index (χ2n) is 12.0. The van der Waals surface area contributed by atoms with Gasteiger partial charge in [0.2, 0.25) is 0 Å². The zero-order chi connectivity index (χ0) is 19.7. The van der Waals surface area contributed by atoms with Gasteiger partial charge in [0.25, 0.3) is 0 Å². The van der Waals surface area contributed by atoms with E-state index in [9.17, 15) is 0 Å². The molecule has 0 N–H and O–H groups in total. The largest absolute Gasteiger partial charge is 0.413 e. The fourth-order valence-corrected chi connectivity index (χ4v) is 9.66. The van der Waals surface area contributed by atoms with Gasteiger partial charge in [0.15, 0.2) is 8.32 Å². The third-order valence-electron chi connectivity index (χ3n) is 9.65. The van der Waals surface area contributed by atoms with Crippen LogP contribution in [-0.2, 0) is 4.43 Å². The molecule has 154 valence electrons. The summed E-state index contributed by atoms with van der Waals surface area (Å²) in [6.45, 7) is 17.3. The maximum Gasteiger partial charge on any atom is 0.192 e. The van der Waals surface area contributed by atoms with E-state index >= 15 is 0 Å². The van der Waals surface area contributed by atoms with Gasteiger partial charge >= 0.3 is 0 Å². The minimum atomic E-state index is -1.69. The highest BCUT2D eigenvalue weighted by atomic mass is 32.2. The van der Waals surface area contributed by atoms with Gasteiger partial charge in [0, 0.05) is 5.41 Å². The summed E-state index contributed by atoms with van der Waals surface area (Å²) < 4.78 is 7.07. The van der Waals surface area contributed by atoms with E-state index < -0.39 is 8.32 Å². The Labute approximate surface area is 173 Å². The average Bonchev–Trinajstić information content (AvgIpc) is 2.89. The standard InChI is InChI=1S/C24H42OSSi/c1-22(2,3)27(6,7)25-20-11-10-18-17-9-12-21-24(5,14-8-16-26-21)19(17)13-15-23(18,20)4/h12,17-20H,8-11,13-16H2,1-7H3/t17-,18-,19-,20?,23-,24+/m0/s1. The number of rotatable bonds is 2. The lowest BCUT2D eigenvalue weighted by molar-refractivity contribution is -0.0573. The molecule has 4 rings (SSSR count). The Hall–Kier alpha value is 0.267. The van der Waals surface area contributed by atoms with Crippen molar-refractivity contribution in [2.75, 3.05) is 5.75 Å². The van der Waals surface area contributed by atoms with Gasteiger partial charge in [-0.15, -0.1) is 11.8 Å². The van der Waals surface area contributed by atoms with E-state index in [-0.39, 0.29) is 0 Å². The topological polar surface area (TPSA) is 9.23 Å². The number of hydrogen-bond acceptors (Lipinski definition) is 2. The summed E-state index contributed by atoms with van der Waals surface area (Å²) >= 11 is 2.18. The fraction of sp³-hybridized carbons (Fsp3) is 0.917. The molecule has 4 aliphatic rings. The molecule has 0 aromatic heterocycles. The lowest BCUT2D eigenvalue weighted by Gasteiger charge is -2.57. The van der Waals surface area contributed by atoms with E-state index in [0.717, 1.165) is 17.8 Å². The molecule has 6 atom stereocenters. The SMILES string of the molecule is CC(C)(C)[Si](C)(C)OC1CC[C@H]2[C@@H]3CC=C4SCCC[C@]4(C)[C@H]3CC[C@]12C. The molecule has 2 saturated carbocycles. The van der Waals surface area contributed by atoms with Crippen LogP contribution in [0.4, 0.5) is 0 Å². The van der Waals surface area contributed by atoms with Crippen molar-refractivity contribution in [3.8, 4) is 0 Å². The first-order valence-electron chi connectivity index (χ1n) is 11.5. The lowest BCUT2D eigenvalue weighted by Crippen LogP contribution is -2.53. The van der Waals surface area contributed by atoms with Crippen molar-refractivity contribution in [2.45, 2.75) is 104 Å². The molecule has 1 unspecified atom stereocenters. The minimum absolute atomic E-state index is 0.313.